The molecular formula is C18H24N6O3S. The van der Waals surface area contributed by atoms with E-state index in [9.17, 15) is 9.59 Å². The van der Waals surface area contributed by atoms with Crippen LogP contribution in [0.3, 0.4) is 0 Å². The number of benzene rings is 1. The number of ether oxygens (including phenoxy) is 1. The zero-order valence-corrected chi connectivity index (χ0v) is 16.7. The Balaban J connectivity index is 1.57. The van der Waals surface area contributed by atoms with Gasteiger partial charge in [-0.1, -0.05) is 30.0 Å². The quantitative estimate of drug-likeness (QED) is 0.549. The summed E-state index contributed by atoms with van der Waals surface area (Å²) in [5.41, 5.74) is 5.37. The molecule has 0 spiro atoms. The Morgan fingerprint density at radius 1 is 1.18 bits per heavy atom. The van der Waals surface area contributed by atoms with Crippen molar-refractivity contribution in [3.8, 4) is 0 Å². The van der Waals surface area contributed by atoms with Crippen LogP contribution in [0.1, 0.15) is 24.2 Å². The maximum Gasteiger partial charge on any atom is 0.269 e. The van der Waals surface area contributed by atoms with Gasteiger partial charge in [0.25, 0.3) is 11.8 Å². The van der Waals surface area contributed by atoms with Crippen LogP contribution in [0.4, 0.5) is 5.95 Å². The molecule has 0 unspecified atom stereocenters. The normalized spacial score (nSPS) is 15.1. The number of carbonyl (C=O) groups excluding carboxylic acids is 2. The van der Waals surface area contributed by atoms with E-state index in [1.54, 1.807) is 31.2 Å². The number of nitrogens with one attached hydrogen (secondary N) is 2. The van der Waals surface area contributed by atoms with E-state index in [1.165, 1.54) is 11.8 Å². The lowest BCUT2D eigenvalue weighted by Gasteiger charge is -2.27. The van der Waals surface area contributed by atoms with Gasteiger partial charge in [0, 0.05) is 25.2 Å². The van der Waals surface area contributed by atoms with Crippen molar-refractivity contribution < 1.29 is 14.3 Å². The molecule has 1 aliphatic heterocycles. The fourth-order valence-corrected chi connectivity index (χ4v) is 3.64. The van der Waals surface area contributed by atoms with Gasteiger partial charge in [0.15, 0.2) is 5.16 Å². The standard InChI is InChI=1S/C18H24N6O3S/c1-3-24-17(23-9-11-27-12-10-23)21-22-18(24)28-13(2)15(25)19-20-16(26)14-7-5-4-6-8-14/h4-8,13H,3,9-12H2,1-2H3,(H,19,25)(H,20,26)/t13-/m1/s1. The minimum atomic E-state index is -0.455. The highest BCUT2D eigenvalue weighted by Crippen LogP contribution is 2.26. The van der Waals surface area contributed by atoms with Crippen molar-refractivity contribution in [3.63, 3.8) is 0 Å². The van der Waals surface area contributed by atoms with Crippen LogP contribution in [0.25, 0.3) is 0 Å². The molecule has 0 saturated carbocycles. The van der Waals surface area contributed by atoms with Crippen LogP contribution in [0.15, 0.2) is 35.5 Å². The Kier molecular flexibility index (Phi) is 6.88. The van der Waals surface area contributed by atoms with Crippen LogP contribution in [-0.4, -0.2) is 58.1 Å². The van der Waals surface area contributed by atoms with Gasteiger partial charge in [-0.15, -0.1) is 10.2 Å². The molecule has 2 aromatic rings. The summed E-state index contributed by atoms with van der Waals surface area (Å²) in [6, 6.07) is 8.70. The topological polar surface area (TPSA) is 101 Å². The molecule has 1 aromatic heterocycles. The highest BCUT2D eigenvalue weighted by atomic mass is 32.2. The van der Waals surface area contributed by atoms with Gasteiger partial charge in [-0.2, -0.15) is 0 Å². The second-order valence-corrected chi connectivity index (χ2v) is 7.50. The molecule has 1 aromatic carbocycles. The largest absolute Gasteiger partial charge is 0.378 e. The van der Waals surface area contributed by atoms with E-state index in [0.29, 0.717) is 30.5 Å². The first kappa shape index (κ1) is 20.2. The molecule has 28 heavy (non-hydrogen) atoms. The van der Waals surface area contributed by atoms with E-state index in [0.717, 1.165) is 19.0 Å². The molecule has 0 aliphatic carbocycles. The van der Waals surface area contributed by atoms with Crippen molar-refractivity contribution in [1.82, 2.24) is 25.6 Å². The minimum absolute atomic E-state index is 0.312. The third-order valence-electron chi connectivity index (χ3n) is 4.29. The van der Waals surface area contributed by atoms with Crippen molar-refractivity contribution in [1.29, 1.82) is 0 Å². The molecule has 2 N–H and O–H groups in total. The lowest BCUT2D eigenvalue weighted by Crippen LogP contribution is -2.45. The molecule has 150 valence electrons. The highest BCUT2D eigenvalue weighted by Gasteiger charge is 2.23. The Labute approximate surface area is 167 Å². The van der Waals surface area contributed by atoms with E-state index in [4.69, 9.17) is 4.74 Å². The second kappa shape index (κ2) is 9.56. The van der Waals surface area contributed by atoms with Crippen molar-refractivity contribution in [3.05, 3.63) is 35.9 Å². The maximum atomic E-state index is 12.4. The Morgan fingerprint density at radius 3 is 2.57 bits per heavy atom. The van der Waals surface area contributed by atoms with E-state index >= 15 is 0 Å². The van der Waals surface area contributed by atoms with Crippen molar-refractivity contribution in [2.24, 2.45) is 0 Å². The first-order chi connectivity index (χ1) is 13.6. The first-order valence-corrected chi connectivity index (χ1v) is 10.1. The van der Waals surface area contributed by atoms with Gasteiger partial charge in [0.2, 0.25) is 5.95 Å². The highest BCUT2D eigenvalue weighted by molar-refractivity contribution is 8.00. The zero-order valence-electron chi connectivity index (χ0n) is 15.9. The van der Waals surface area contributed by atoms with Crippen LogP contribution in [0.2, 0.25) is 0 Å². The molecule has 1 aliphatic rings. The molecule has 0 bridgehead atoms. The van der Waals surface area contributed by atoms with Gasteiger partial charge in [-0.3, -0.25) is 25.0 Å². The fourth-order valence-electron chi connectivity index (χ4n) is 2.74. The fraction of sp³-hybridized carbons (Fsp3) is 0.444. The second-order valence-electron chi connectivity index (χ2n) is 6.20. The number of anilines is 1. The van der Waals surface area contributed by atoms with Crippen LogP contribution in [0, 0.1) is 0 Å². The maximum absolute atomic E-state index is 12.4. The number of thioether (sulfide) groups is 1. The van der Waals surface area contributed by atoms with Gasteiger partial charge in [-0.25, -0.2) is 0 Å². The summed E-state index contributed by atoms with van der Waals surface area (Å²) >= 11 is 1.30. The molecule has 0 radical (unpaired) electrons. The van der Waals surface area contributed by atoms with Gasteiger partial charge in [-0.05, 0) is 26.0 Å². The summed E-state index contributed by atoms with van der Waals surface area (Å²) in [7, 11) is 0. The molecule has 9 nitrogen and oxygen atoms in total. The number of carbonyl (C=O) groups is 2. The predicted octanol–water partition coefficient (Wildman–Crippen LogP) is 1.08. The van der Waals surface area contributed by atoms with E-state index in [-0.39, 0.29) is 11.8 Å². The van der Waals surface area contributed by atoms with Crippen LogP contribution in [-0.2, 0) is 16.1 Å². The third kappa shape index (κ3) is 4.82. The molecule has 3 rings (SSSR count). The lowest BCUT2D eigenvalue weighted by molar-refractivity contribution is -0.121. The minimum Gasteiger partial charge on any atom is -0.378 e. The third-order valence-corrected chi connectivity index (χ3v) is 5.37. The summed E-state index contributed by atoms with van der Waals surface area (Å²) in [4.78, 5) is 26.5. The molecule has 1 saturated heterocycles. The number of rotatable bonds is 6. The Morgan fingerprint density at radius 2 is 1.89 bits per heavy atom. The number of aromatic nitrogens is 3. The number of morpholine rings is 1. The van der Waals surface area contributed by atoms with Gasteiger partial charge >= 0.3 is 0 Å². The number of hydrazine groups is 1. The number of amides is 2. The number of hydrogen-bond donors (Lipinski definition) is 2. The lowest BCUT2D eigenvalue weighted by atomic mass is 10.2. The molecule has 10 heteroatoms. The molecule has 2 heterocycles. The Bertz CT molecular complexity index is 807. The van der Waals surface area contributed by atoms with Gasteiger partial charge < -0.3 is 9.64 Å². The Hall–Kier alpha value is -2.59. The average Bonchev–Trinajstić information content (AvgIpc) is 3.15. The van der Waals surface area contributed by atoms with Gasteiger partial charge in [0.05, 0.1) is 18.5 Å². The van der Waals surface area contributed by atoms with Crippen LogP contribution >= 0.6 is 11.8 Å². The van der Waals surface area contributed by atoms with E-state index in [2.05, 4.69) is 25.9 Å². The van der Waals surface area contributed by atoms with Crippen LogP contribution < -0.4 is 15.8 Å². The molecule has 2 amide bonds. The van der Waals surface area contributed by atoms with Crippen LogP contribution in [0.5, 0.6) is 0 Å². The summed E-state index contributed by atoms with van der Waals surface area (Å²) in [6.07, 6.45) is 0. The zero-order chi connectivity index (χ0) is 19.9. The predicted molar refractivity (Wildman–Crippen MR) is 106 cm³/mol. The smallest absolute Gasteiger partial charge is 0.269 e. The van der Waals surface area contributed by atoms with E-state index in [1.807, 2.05) is 17.6 Å². The molecule has 1 fully saturated rings. The van der Waals surface area contributed by atoms with E-state index < -0.39 is 5.25 Å². The number of hydrogen-bond acceptors (Lipinski definition) is 7. The van der Waals surface area contributed by atoms with Crippen molar-refractivity contribution in [2.45, 2.75) is 30.8 Å². The average molecular weight is 404 g/mol. The number of nitrogens with zero attached hydrogens (tertiary/aromatic N) is 4. The summed E-state index contributed by atoms with van der Waals surface area (Å²) in [5, 5.41) is 8.76. The first-order valence-electron chi connectivity index (χ1n) is 9.18. The molecular weight excluding hydrogens is 380 g/mol. The summed E-state index contributed by atoms with van der Waals surface area (Å²) in [6.45, 7) is 7.34. The SMILES string of the molecule is CCn1c(S[C@H](C)C(=O)NNC(=O)c2ccccc2)nnc1N1CCOCC1. The summed E-state index contributed by atoms with van der Waals surface area (Å²) < 4.78 is 7.37. The molecule has 1 atom stereocenters. The van der Waals surface area contributed by atoms with Crippen molar-refractivity contribution >= 4 is 29.5 Å². The summed E-state index contributed by atoms with van der Waals surface area (Å²) in [5.74, 6) is 0.114. The van der Waals surface area contributed by atoms with Crippen molar-refractivity contribution in [2.75, 3.05) is 31.2 Å². The van der Waals surface area contributed by atoms with Gasteiger partial charge in [0.1, 0.15) is 0 Å². The monoisotopic (exact) mass is 404 g/mol.